The number of carbonyl (C=O) groups is 2. The first kappa shape index (κ1) is 21.3. The lowest BCUT2D eigenvalue weighted by Crippen LogP contribution is -2.61. The Morgan fingerprint density at radius 1 is 1.06 bits per heavy atom. The molecule has 4 bridgehead atoms. The topological polar surface area (TPSA) is 66.4 Å². The highest BCUT2D eigenvalue weighted by Crippen LogP contribution is 2.55. The summed E-state index contributed by atoms with van der Waals surface area (Å²) >= 11 is 0. The highest BCUT2D eigenvalue weighted by Gasteiger charge is 2.55. The molecule has 4 nitrogen and oxygen atoms in total. The van der Waals surface area contributed by atoms with Gasteiger partial charge in [0.05, 0.1) is 11.2 Å². The molecular formula is C27H30FNO3. The predicted octanol–water partition coefficient (Wildman–Crippen LogP) is 4.68. The van der Waals surface area contributed by atoms with E-state index in [1.165, 1.54) is 12.1 Å². The molecule has 6 rings (SSSR count). The number of nitrogens with one attached hydrogen (secondary N) is 1. The van der Waals surface area contributed by atoms with Crippen LogP contribution in [0.15, 0.2) is 42.5 Å². The molecule has 0 aromatic heterocycles. The van der Waals surface area contributed by atoms with Crippen molar-refractivity contribution < 1.29 is 19.1 Å². The van der Waals surface area contributed by atoms with E-state index in [4.69, 9.17) is 0 Å². The highest BCUT2D eigenvalue weighted by molar-refractivity contribution is 6.10. The van der Waals surface area contributed by atoms with Gasteiger partial charge >= 0.3 is 0 Å². The number of ketones is 1. The Labute approximate surface area is 188 Å². The summed E-state index contributed by atoms with van der Waals surface area (Å²) < 4.78 is 14.1. The van der Waals surface area contributed by atoms with Crippen LogP contribution in [0.1, 0.15) is 77.3 Å². The van der Waals surface area contributed by atoms with Crippen molar-refractivity contribution in [3.05, 3.63) is 70.5 Å². The van der Waals surface area contributed by atoms with Gasteiger partial charge < -0.3 is 10.4 Å². The molecule has 2 atom stereocenters. The Balaban J connectivity index is 1.38. The van der Waals surface area contributed by atoms with E-state index in [2.05, 4.69) is 5.32 Å². The van der Waals surface area contributed by atoms with E-state index >= 15 is 0 Å². The second-order valence-electron chi connectivity index (χ2n) is 10.1. The Morgan fingerprint density at radius 2 is 1.78 bits per heavy atom. The maximum absolute atomic E-state index is 14.1. The Bertz CT molecular complexity index is 1050. The number of aliphatic hydroxyl groups is 1. The van der Waals surface area contributed by atoms with Crippen LogP contribution in [-0.2, 0) is 6.42 Å². The molecule has 4 aliphatic rings. The molecule has 4 aliphatic carbocycles. The number of carbonyl (C=O) groups excluding carboxylic acids is 2. The fourth-order valence-corrected chi connectivity index (χ4v) is 6.68. The van der Waals surface area contributed by atoms with E-state index in [-0.39, 0.29) is 23.3 Å². The lowest BCUT2D eigenvalue weighted by atomic mass is 9.52. The van der Waals surface area contributed by atoms with Gasteiger partial charge in [-0.3, -0.25) is 9.59 Å². The van der Waals surface area contributed by atoms with Crippen LogP contribution in [0.3, 0.4) is 0 Å². The summed E-state index contributed by atoms with van der Waals surface area (Å²) in [6.07, 6.45) is 6.15. The number of rotatable bonds is 6. The van der Waals surface area contributed by atoms with Crippen LogP contribution in [0, 0.1) is 23.6 Å². The van der Waals surface area contributed by atoms with E-state index in [9.17, 15) is 19.1 Å². The maximum atomic E-state index is 14.1. The molecule has 5 heteroatoms. The standard InChI is InChI=1S/C27H30FNO3/c1-2-5-17-12-18(25(30)22-6-3-4-7-23(22)28)8-9-21(17)26(31)29-24-19-10-16-11-20(24)15-27(32,13-16)14-19/h3-4,6-9,12,16,19-20,24,32H,2,5,10-11,13-15H2,1H3,(H,29,31). The van der Waals surface area contributed by atoms with Crippen LogP contribution in [0.5, 0.6) is 0 Å². The van der Waals surface area contributed by atoms with Gasteiger partial charge in [-0.05, 0) is 86.1 Å². The molecule has 32 heavy (non-hydrogen) atoms. The molecule has 0 saturated heterocycles. The van der Waals surface area contributed by atoms with Crippen molar-refractivity contribution in [3.63, 3.8) is 0 Å². The third-order valence-corrected chi connectivity index (χ3v) is 7.79. The van der Waals surface area contributed by atoms with Crippen LogP contribution >= 0.6 is 0 Å². The lowest BCUT2D eigenvalue weighted by Gasteiger charge is -2.58. The molecule has 0 spiro atoms. The number of hydrogen-bond acceptors (Lipinski definition) is 3. The summed E-state index contributed by atoms with van der Waals surface area (Å²) in [5.74, 6) is 0.243. The van der Waals surface area contributed by atoms with Crippen molar-refractivity contribution in [3.8, 4) is 0 Å². The lowest BCUT2D eigenvalue weighted by molar-refractivity contribution is -0.136. The monoisotopic (exact) mass is 435 g/mol. The van der Waals surface area contributed by atoms with E-state index < -0.39 is 11.4 Å². The molecule has 2 aromatic rings. The van der Waals surface area contributed by atoms with E-state index in [1.807, 2.05) is 6.92 Å². The molecule has 168 valence electrons. The number of benzene rings is 2. The zero-order valence-corrected chi connectivity index (χ0v) is 18.4. The quantitative estimate of drug-likeness (QED) is 0.648. The van der Waals surface area contributed by atoms with Crippen LogP contribution in [0.2, 0.25) is 0 Å². The van der Waals surface area contributed by atoms with Crippen molar-refractivity contribution in [2.45, 2.75) is 63.5 Å². The molecule has 4 saturated carbocycles. The Morgan fingerprint density at radius 3 is 2.44 bits per heavy atom. The smallest absolute Gasteiger partial charge is 0.251 e. The summed E-state index contributed by atoms with van der Waals surface area (Å²) in [4.78, 5) is 26.2. The van der Waals surface area contributed by atoms with E-state index in [0.717, 1.165) is 44.1 Å². The molecule has 4 fully saturated rings. The fraction of sp³-hybridized carbons (Fsp3) is 0.481. The number of halogens is 1. The third kappa shape index (κ3) is 3.77. The SMILES string of the molecule is CCCc1cc(C(=O)c2ccccc2F)ccc1C(=O)NC1C2CC3CC1CC(O)(C3)C2. The van der Waals surface area contributed by atoms with Gasteiger partial charge in [-0.2, -0.15) is 0 Å². The third-order valence-electron chi connectivity index (χ3n) is 7.79. The normalized spacial score (nSPS) is 30.3. The molecule has 1 amide bonds. The fourth-order valence-electron chi connectivity index (χ4n) is 6.68. The molecule has 0 radical (unpaired) electrons. The number of amides is 1. The molecule has 2 aromatic carbocycles. The summed E-state index contributed by atoms with van der Waals surface area (Å²) in [5.41, 5.74) is 1.31. The maximum Gasteiger partial charge on any atom is 0.251 e. The number of aryl methyl sites for hydroxylation is 1. The van der Waals surface area contributed by atoms with Gasteiger partial charge in [-0.25, -0.2) is 4.39 Å². The largest absolute Gasteiger partial charge is 0.390 e. The zero-order chi connectivity index (χ0) is 22.5. The van der Waals surface area contributed by atoms with Crippen LogP contribution in [0.25, 0.3) is 0 Å². The first-order valence-corrected chi connectivity index (χ1v) is 11.8. The second kappa shape index (κ2) is 8.11. The molecule has 2 N–H and O–H groups in total. The minimum Gasteiger partial charge on any atom is -0.390 e. The Hall–Kier alpha value is -2.53. The van der Waals surface area contributed by atoms with Gasteiger partial charge in [-0.1, -0.05) is 31.5 Å². The summed E-state index contributed by atoms with van der Waals surface area (Å²) in [5, 5.41) is 14.1. The van der Waals surface area contributed by atoms with Gasteiger partial charge in [0, 0.05) is 17.2 Å². The van der Waals surface area contributed by atoms with Crippen molar-refractivity contribution in [1.29, 1.82) is 0 Å². The van der Waals surface area contributed by atoms with Crippen molar-refractivity contribution in [2.75, 3.05) is 0 Å². The minimum atomic E-state index is -0.542. The predicted molar refractivity (Wildman–Crippen MR) is 120 cm³/mol. The van der Waals surface area contributed by atoms with Crippen molar-refractivity contribution in [1.82, 2.24) is 5.32 Å². The minimum absolute atomic E-state index is 0.0404. The van der Waals surface area contributed by atoms with Gasteiger partial charge in [0.15, 0.2) is 5.78 Å². The summed E-state index contributed by atoms with van der Waals surface area (Å²) in [6.45, 7) is 2.03. The first-order valence-electron chi connectivity index (χ1n) is 11.8. The second-order valence-corrected chi connectivity index (χ2v) is 10.1. The first-order chi connectivity index (χ1) is 15.4. The van der Waals surface area contributed by atoms with Crippen LogP contribution in [0.4, 0.5) is 4.39 Å². The van der Waals surface area contributed by atoms with Gasteiger partial charge in [0.1, 0.15) is 5.82 Å². The van der Waals surface area contributed by atoms with Gasteiger partial charge in [0.2, 0.25) is 0 Å². The summed E-state index contributed by atoms with van der Waals surface area (Å²) in [6, 6.07) is 11.2. The highest BCUT2D eigenvalue weighted by atomic mass is 19.1. The van der Waals surface area contributed by atoms with Crippen LogP contribution < -0.4 is 5.32 Å². The van der Waals surface area contributed by atoms with Crippen LogP contribution in [-0.4, -0.2) is 28.4 Å². The molecular weight excluding hydrogens is 405 g/mol. The van der Waals surface area contributed by atoms with E-state index in [0.29, 0.717) is 35.3 Å². The van der Waals surface area contributed by atoms with Crippen molar-refractivity contribution in [2.24, 2.45) is 17.8 Å². The molecule has 0 heterocycles. The van der Waals surface area contributed by atoms with Gasteiger partial charge in [0.25, 0.3) is 5.91 Å². The summed E-state index contributed by atoms with van der Waals surface area (Å²) in [7, 11) is 0. The number of hydrogen-bond donors (Lipinski definition) is 2. The molecule has 2 unspecified atom stereocenters. The zero-order valence-electron chi connectivity index (χ0n) is 18.4. The molecule has 0 aliphatic heterocycles. The Kier molecular flexibility index (Phi) is 5.40. The average molecular weight is 436 g/mol. The van der Waals surface area contributed by atoms with E-state index in [1.54, 1.807) is 30.3 Å². The van der Waals surface area contributed by atoms with Gasteiger partial charge in [-0.15, -0.1) is 0 Å². The average Bonchev–Trinajstić information content (AvgIpc) is 2.75. The van der Waals surface area contributed by atoms with Crippen molar-refractivity contribution >= 4 is 11.7 Å².